The molecule has 0 heterocycles. The van der Waals surface area contributed by atoms with Gasteiger partial charge < -0.3 is 5.11 Å². The van der Waals surface area contributed by atoms with Gasteiger partial charge in [-0.25, -0.2) is 8.78 Å². The lowest BCUT2D eigenvalue weighted by Crippen LogP contribution is -2.27. The monoisotopic (exact) mass is 248 g/mol. The summed E-state index contributed by atoms with van der Waals surface area (Å²) < 4.78 is 26.7. The van der Waals surface area contributed by atoms with Crippen molar-refractivity contribution in [2.75, 3.05) is 0 Å². The SMILES string of the molecule is CCC(O)(c1ccccc1)c1ccc(F)cc1F. The van der Waals surface area contributed by atoms with Crippen LogP contribution in [0, 0.1) is 11.6 Å². The van der Waals surface area contributed by atoms with Gasteiger partial charge in [0.1, 0.15) is 17.2 Å². The molecule has 18 heavy (non-hydrogen) atoms. The summed E-state index contributed by atoms with van der Waals surface area (Å²) >= 11 is 0. The maximum absolute atomic E-state index is 13.8. The lowest BCUT2D eigenvalue weighted by molar-refractivity contribution is 0.0724. The number of hydrogen-bond acceptors (Lipinski definition) is 1. The highest BCUT2D eigenvalue weighted by molar-refractivity contribution is 5.36. The highest BCUT2D eigenvalue weighted by Crippen LogP contribution is 2.34. The molecule has 0 radical (unpaired) electrons. The van der Waals surface area contributed by atoms with E-state index < -0.39 is 17.2 Å². The number of halogens is 2. The quantitative estimate of drug-likeness (QED) is 0.879. The average molecular weight is 248 g/mol. The zero-order valence-corrected chi connectivity index (χ0v) is 10.0. The third-order valence-corrected chi connectivity index (χ3v) is 3.14. The molecule has 2 aromatic carbocycles. The van der Waals surface area contributed by atoms with Crippen LogP contribution in [0.2, 0.25) is 0 Å². The van der Waals surface area contributed by atoms with Gasteiger partial charge in [0.2, 0.25) is 0 Å². The van der Waals surface area contributed by atoms with Gasteiger partial charge in [-0.05, 0) is 24.1 Å². The lowest BCUT2D eigenvalue weighted by Gasteiger charge is -2.28. The Morgan fingerprint density at radius 1 is 1.06 bits per heavy atom. The summed E-state index contributed by atoms with van der Waals surface area (Å²) in [4.78, 5) is 0. The van der Waals surface area contributed by atoms with Crippen LogP contribution < -0.4 is 0 Å². The zero-order chi connectivity index (χ0) is 13.2. The summed E-state index contributed by atoms with van der Waals surface area (Å²) in [6.45, 7) is 1.76. The second kappa shape index (κ2) is 4.86. The topological polar surface area (TPSA) is 20.2 Å². The fourth-order valence-electron chi connectivity index (χ4n) is 2.09. The van der Waals surface area contributed by atoms with E-state index in [4.69, 9.17) is 0 Å². The third kappa shape index (κ3) is 2.14. The number of aliphatic hydroxyl groups is 1. The van der Waals surface area contributed by atoms with Crippen molar-refractivity contribution in [2.45, 2.75) is 18.9 Å². The van der Waals surface area contributed by atoms with E-state index in [0.29, 0.717) is 12.0 Å². The normalized spacial score (nSPS) is 14.2. The van der Waals surface area contributed by atoms with Gasteiger partial charge in [-0.2, -0.15) is 0 Å². The number of benzene rings is 2. The van der Waals surface area contributed by atoms with E-state index in [1.807, 2.05) is 6.07 Å². The fourth-order valence-corrected chi connectivity index (χ4v) is 2.09. The van der Waals surface area contributed by atoms with Gasteiger partial charge in [-0.1, -0.05) is 37.3 Å². The van der Waals surface area contributed by atoms with E-state index in [1.54, 1.807) is 31.2 Å². The van der Waals surface area contributed by atoms with Crippen molar-refractivity contribution in [2.24, 2.45) is 0 Å². The van der Waals surface area contributed by atoms with Crippen molar-refractivity contribution in [3.8, 4) is 0 Å². The van der Waals surface area contributed by atoms with Crippen LogP contribution in [-0.4, -0.2) is 5.11 Å². The molecule has 1 unspecified atom stereocenters. The van der Waals surface area contributed by atoms with Crippen LogP contribution in [0.5, 0.6) is 0 Å². The van der Waals surface area contributed by atoms with Gasteiger partial charge >= 0.3 is 0 Å². The van der Waals surface area contributed by atoms with E-state index in [9.17, 15) is 13.9 Å². The first kappa shape index (κ1) is 12.7. The van der Waals surface area contributed by atoms with Crippen LogP contribution in [0.15, 0.2) is 48.5 Å². The van der Waals surface area contributed by atoms with Gasteiger partial charge in [0.15, 0.2) is 0 Å². The summed E-state index contributed by atoms with van der Waals surface area (Å²) in [7, 11) is 0. The molecule has 0 amide bonds. The van der Waals surface area contributed by atoms with E-state index >= 15 is 0 Å². The molecule has 0 spiro atoms. The molecule has 2 aromatic rings. The van der Waals surface area contributed by atoms with Gasteiger partial charge in [-0.3, -0.25) is 0 Å². The molecule has 0 saturated heterocycles. The van der Waals surface area contributed by atoms with E-state index in [0.717, 1.165) is 12.1 Å². The first-order valence-electron chi connectivity index (χ1n) is 5.81. The van der Waals surface area contributed by atoms with Crippen LogP contribution in [0.25, 0.3) is 0 Å². The van der Waals surface area contributed by atoms with Crippen molar-refractivity contribution >= 4 is 0 Å². The third-order valence-electron chi connectivity index (χ3n) is 3.14. The van der Waals surface area contributed by atoms with Gasteiger partial charge in [-0.15, -0.1) is 0 Å². The lowest BCUT2D eigenvalue weighted by atomic mass is 9.84. The molecule has 1 nitrogen and oxygen atoms in total. The minimum Gasteiger partial charge on any atom is -0.380 e. The van der Waals surface area contributed by atoms with Crippen molar-refractivity contribution in [1.29, 1.82) is 0 Å². The van der Waals surface area contributed by atoms with Crippen LogP contribution in [0.4, 0.5) is 8.78 Å². The van der Waals surface area contributed by atoms with Gasteiger partial charge in [0.05, 0.1) is 0 Å². The summed E-state index contributed by atoms with van der Waals surface area (Å²) in [6.07, 6.45) is 0.305. The van der Waals surface area contributed by atoms with Gasteiger partial charge in [0.25, 0.3) is 0 Å². The van der Waals surface area contributed by atoms with E-state index in [1.165, 1.54) is 6.07 Å². The highest BCUT2D eigenvalue weighted by atomic mass is 19.1. The molecule has 0 fully saturated rings. The molecule has 0 bridgehead atoms. The standard InChI is InChI=1S/C15H14F2O/c1-2-15(18,11-6-4-3-5-7-11)13-9-8-12(16)10-14(13)17/h3-10,18H,2H2,1H3. The van der Waals surface area contributed by atoms with Crippen LogP contribution in [-0.2, 0) is 5.60 Å². The number of hydrogen-bond donors (Lipinski definition) is 1. The minimum absolute atomic E-state index is 0.0950. The Kier molecular flexibility index (Phi) is 3.43. The smallest absolute Gasteiger partial charge is 0.132 e. The molecule has 2 rings (SSSR count). The molecule has 0 aromatic heterocycles. The van der Waals surface area contributed by atoms with Crippen molar-refractivity contribution < 1.29 is 13.9 Å². The fraction of sp³-hybridized carbons (Fsp3) is 0.200. The molecule has 0 saturated carbocycles. The molecular formula is C15H14F2O. The summed E-state index contributed by atoms with van der Waals surface area (Å²) in [5.41, 5.74) is -0.741. The molecule has 0 aliphatic carbocycles. The summed E-state index contributed by atoms with van der Waals surface area (Å²) in [6, 6.07) is 12.1. The van der Waals surface area contributed by atoms with Crippen LogP contribution in [0.3, 0.4) is 0 Å². The number of rotatable bonds is 3. The summed E-state index contributed by atoms with van der Waals surface area (Å²) in [5.74, 6) is -1.38. The molecule has 0 aliphatic rings. The summed E-state index contributed by atoms with van der Waals surface area (Å²) in [5, 5.41) is 10.7. The second-order valence-corrected chi connectivity index (χ2v) is 4.20. The Hall–Kier alpha value is -1.74. The molecule has 1 N–H and O–H groups in total. The maximum atomic E-state index is 13.8. The molecule has 94 valence electrons. The van der Waals surface area contributed by atoms with Gasteiger partial charge in [0, 0.05) is 11.6 Å². The predicted molar refractivity (Wildman–Crippen MR) is 66.1 cm³/mol. The molecule has 0 aliphatic heterocycles. The second-order valence-electron chi connectivity index (χ2n) is 4.20. The van der Waals surface area contributed by atoms with E-state index in [-0.39, 0.29) is 5.56 Å². The maximum Gasteiger partial charge on any atom is 0.132 e. The Bertz CT molecular complexity index is 539. The van der Waals surface area contributed by atoms with Crippen molar-refractivity contribution in [3.63, 3.8) is 0 Å². The van der Waals surface area contributed by atoms with Crippen molar-refractivity contribution in [1.82, 2.24) is 0 Å². The molecular weight excluding hydrogens is 234 g/mol. The Labute approximate surface area is 105 Å². The largest absolute Gasteiger partial charge is 0.380 e. The Balaban J connectivity index is 2.57. The Morgan fingerprint density at radius 2 is 1.72 bits per heavy atom. The minimum atomic E-state index is -1.43. The highest BCUT2D eigenvalue weighted by Gasteiger charge is 2.32. The van der Waals surface area contributed by atoms with Crippen LogP contribution >= 0.6 is 0 Å². The zero-order valence-electron chi connectivity index (χ0n) is 10.0. The first-order chi connectivity index (χ1) is 8.58. The van der Waals surface area contributed by atoms with Crippen molar-refractivity contribution in [3.05, 3.63) is 71.3 Å². The Morgan fingerprint density at radius 3 is 2.28 bits per heavy atom. The molecule has 3 heteroatoms. The predicted octanol–water partition coefficient (Wildman–Crippen LogP) is 3.61. The molecule has 1 atom stereocenters. The van der Waals surface area contributed by atoms with Crippen LogP contribution in [0.1, 0.15) is 24.5 Å². The average Bonchev–Trinajstić information content (AvgIpc) is 2.39. The van der Waals surface area contributed by atoms with E-state index in [2.05, 4.69) is 0 Å². The first-order valence-corrected chi connectivity index (χ1v) is 5.81.